The fourth-order valence-corrected chi connectivity index (χ4v) is 2.90. The Balaban J connectivity index is 1.51. The lowest BCUT2D eigenvalue weighted by atomic mass is 10.2. The first-order valence-electron chi connectivity index (χ1n) is 7.42. The summed E-state index contributed by atoms with van der Waals surface area (Å²) in [6, 6.07) is 7.06. The van der Waals surface area contributed by atoms with Crippen molar-refractivity contribution in [1.29, 1.82) is 0 Å². The number of nitrogens with one attached hydrogen (secondary N) is 1. The van der Waals surface area contributed by atoms with Gasteiger partial charge in [0, 0.05) is 17.0 Å². The van der Waals surface area contributed by atoms with Gasteiger partial charge in [0.2, 0.25) is 0 Å². The fraction of sp³-hybridized carbons (Fsp3) is 0.438. The molecule has 1 aliphatic heterocycles. The molecular formula is C16H19ClN2O2. The first kappa shape index (κ1) is 14.4. The largest absolute Gasteiger partial charge is 0.451 e. The second kappa shape index (κ2) is 6.50. The summed E-state index contributed by atoms with van der Waals surface area (Å²) < 4.78 is 5.53. The van der Waals surface area contributed by atoms with Crippen LogP contribution in [0.3, 0.4) is 0 Å². The number of likely N-dealkylation sites (tertiary alicyclic amines) is 1. The molecule has 5 heteroatoms. The van der Waals surface area contributed by atoms with Crippen molar-refractivity contribution in [2.45, 2.75) is 19.3 Å². The number of halogens is 1. The zero-order valence-electron chi connectivity index (χ0n) is 11.9. The van der Waals surface area contributed by atoms with Crippen LogP contribution in [0.5, 0.6) is 0 Å². The molecule has 3 rings (SSSR count). The molecular weight excluding hydrogens is 288 g/mol. The molecule has 1 amide bonds. The monoisotopic (exact) mass is 306 g/mol. The summed E-state index contributed by atoms with van der Waals surface area (Å²) in [6.07, 6.45) is 3.57. The Kier molecular flexibility index (Phi) is 4.46. The van der Waals surface area contributed by atoms with Gasteiger partial charge in [-0.2, -0.15) is 0 Å². The number of carbonyl (C=O) groups is 1. The van der Waals surface area contributed by atoms with Crippen LogP contribution in [0.4, 0.5) is 0 Å². The van der Waals surface area contributed by atoms with Gasteiger partial charge >= 0.3 is 0 Å². The molecule has 1 fully saturated rings. The Morgan fingerprint density at radius 1 is 1.29 bits per heavy atom. The lowest BCUT2D eigenvalue weighted by molar-refractivity contribution is 0.0926. The van der Waals surface area contributed by atoms with Gasteiger partial charge in [0.1, 0.15) is 5.58 Å². The van der Waals surface area contributed by atoms with Crippen molar-refractivity contribution >= 4 is 28.5 Å². The van der Waals surface area contributed by atoms with Gasteiger partial charge in [0.25, 0.3) is 5.91 Å². The first-order valence-corrected chi connectivity index (χ1v) is 7.80. The molecule has 1 N–H and O–H groups in total. The van der Waals surface area contributed by atoms with Crippen molar-refractivity contribution in [1.82, 2.24) is 10.2 Å². The normalized spacial score (nSPS) is 15.7. The van der Waals surface area contributed by atoms with E-state index < -0.39 is 0 Å². The lowest BCUT2D eigenvalue weighted by Crippen LogP contribution is -2.28. The minimum Gasteiger partial charge on any atom is -0.451 e. The van der Waals surface area contributed by atoms with Crippen LogP contribution < -0.4 is 5.32 Å². The van der Waals surface area contributed by atoms with Crippen LogP contribution in [0, 0.1) is 0 Å². The zero-order chi connectivity index (χ0) is 14.7. The van der Waals surface area contributed by atoms with Gasteiger partial charge in [0.05, 0.1) is 0 Å². The summed E-state index contributed by atoms with van der Waals surface area (Å²) in [5.41, 5.74) is 0.682. The van der Waals surface area contributed by atoms with Gasteiger partial charge in [-0.05, 0) is 63.2 Å². The molecule has 0 unspecified atom stereocenters. The number of benzene rings is 1. The highest BCUT2D eigenvalue weighted by Gasteiger charge is 2.13. The highest BCUT2D eigenvalue weighted by atomic mass is 35.5. The van der Waals surface area contributed by atoms with Crippen LogP contribution in [-0.4, -0.2) is 37.0 Å². The molecule has 112 valence electrons. The Morgan fingerprint density at radius 3 is 2.90 bits per heavy atom. The van der Waals surface area contributed by atoms with E-state index in [0.717, 1.165) is 18.4 Å². The predicted molar refractivity (Wildman–Crippen MR) is 83.8 cm³/mol. The molecule has 0 spiro atoms. The van der Waals surface area contributed by atoms with Crippen molar-refractivity contribution < 1.29 is 9.21 Å². The van der Waals surface area contributed by atoms with Gasteiger partial charge in [-0.1, -0.05) is 11.6 Å². The van der Waals surface area contributed by atoms with Crippen LogP contribution in [0.25, 0.3) is 11.0 Å². The average Bonchev–Trinajstić information content (AvgIpc) is 3.11. The summed E-state index contributed by atoms with van der Waals surface area (Å²) in [6.45, 7) is 4.11. The summed E-state index contributed by atoms with van der Waals surface area (Å²) in [5, 5.41) is 4.40. The fourth-order valence-electron chi connectivity index (χ4n) is 2.72. The summed E-state index contributed by atoms with van der Waals surface area (Å²) in [4.78, 5) is 14.5. The van der Waals surface area contributed by atoms with Crippen molar-refractivity contribution in [2.24, 2.45) is 0 Å². The summed E-state index contributed by atoms with van der Waals surface area (Å²) in [7, 11) is 0. The predicted octanol–water partition coefficient (Wildman–Crippen LogP) is 3.30. The van der Waals surface area contributed by atoms with Crippen molar-refractivity contribution in [3.63, 3.8) is 0 Å². The molecule has 21 heavy (non-hydrogen) atoms. The first-order chi connectivity index (χ1) is 10.2. The second-order valence-electron chi connectivity index (χ2n) is 5.45. The third-order valence-electron chi connectivity index (χ3n) is 3.84. The van der Waals surface area contributed by atoms with E-state index in [1.165, 1.54) is 25.9 Å². The Bertz CT molecular complexity index is 632. The van der Waals surface area contributed by atoms with Gasteiger partial charge in [-0.15, -0.1) is 0 Å². The third kappa shape index (κ3) is 3.57. The smallest absolute Gasteiger partial charge is 0.287 e. The molecule has 0 atom stereocenters. The van der Waals surface area contributed by atoms with Crippen molar-refractivity contribution in [2.75, 3.05) is 26.2 Å². The minimum absolute atomic E-state index is 0.163. The maximum absolute atomic E-state index is 12.0. The minimum atomic E-state index is -0.163. The molecule has 2 aromatic rings. The highest BCUT2D eigenvalue weighted by molar-refractivity contribution is 6.31. The molecule has 1 saturated heterocycles. The van der Waals surface area contributed by atoms with Crippen LogP contribution in [0.2, 0.25) is 5.02 Å². The standard InChI is InChI=1S/C16H19ClN2O2/c17-13-4-5-14-12(10-13)11-15(21-14)16(20)18-6-3-9-19-7-1-2-8-19/h4-5,10-11H,1-3,6-9H2,(H,18,20). The van der Waals surface area contributed by atoms with E-state index in [1.54, 1.807) is 24.3 Å². The molecule has 1 aromatic carbocycles. The van der Waals surface area contributed by atoms with E-state index >= 15 is 0 Å². The number of amides is 1. The quantitative estimate of drug-likeness (QED) is 0.862. The molecule has 2 heterocycles. The highest BCUT2D eigenvalue weighted by Crippen LogP contribution is 2.22. The topological polar surface area (TPSA) is 45.5 Å². The maximum Gasteiger partial charge on any atom is 0.287 e. The molecule has 0 aliphatic carbocycles. The molecule has 0 saturated carbocycles. The number of furan rings is 1. The van der Waals surface area contributed by atoms with Crippen molar-refractivity contribution in [3.8, 4) is 0 Å². The van der Waals surface area contributed by atoms with Crippen LogP contribution in [0.15, 0.2) is 28.7 Å². The second-order valence-corrected chi connectivity index (χ2v) is 5.89. The van der Waals surface area contributed by atoms with Gasteiger partial charge in [-0.3, -0.25) is 4.79 Å². The van der Waals surface area contributed by atoms with E-state index in [1.807, 2.05) is 0 Å². The van der Waals surface area contributed by atoms with Crippen LogP contribution >= 0.6 is 11.6 Å². The molecule has 1 aromatic heterocycles. The van der Waals surface area contributed by atoms with E-state index in [0.29, 0.717) is 22.9 Å². The molecule has 4 nitrogen and oxygen atoms in total. The zero-order valence-corrected chi connectivity index (χ0v) is 12.7. The summed E-state index contributed by atoms with van der Waals surface area (Å²) >= 11 is 5.93. The summed E-state index contributed by atoms with van der Waals surface area (Å²) in [5.74, 6) is 0.178. The van der Waals surface area contributed by atoms with Crippen LogP contribution in [0.1, 0.15) is 29.8 Å². The van der Waals surface area contributed by atoms with Crippen LogP contribution in [-0.2, 0) is 0 Å². The van der Waals surface area contributed by atoms with E-state index in [-0.39, 0.29) is 5.91 Å². The van der Waals surface area contributed by atoms with E-state index in [2.05, 4.69) is 10.2 Å². The Hall–Kier alpha value is -1.52. The van der Waals surface area contributed by atoms with E-state index in [9.17, 15) is 4.79 Å². The number of carbonyl (C=O) groups excluding carboxylic acids is 1. The SMILES string of the molecule is O=C(NCCCN1CCCC1)c1cc2cc(Cl)ccc2o1. The van der Waals surface area contributed by atoms with Crippen molar-refractivity contribution in [3.05, 3.63) is 35.0 Å². The number of hydrogen-bond donors (Lipinski definition) is 1. The average molecular weight is 307 g/mol. The van der Waals surface area contributed by atoms with Gasteiger partial charge in [-0.25, -0.2) is 0 Å². The number of rotatable bonds is 5. The maximum atomic E-state index is 12.0. The number of nitrogens with zero attached hydrogens (tertiary/aromatic N) is 1. The molecule has 0 radical (unpaired) electrons. The number of fused-ring (bicyclic) bond motifs is 1. The lowest BCUT2D eigenvalue weighted by Gasteiger charge is -2.13. The molecule has 1 aliphatic rings. The van der Waals surface area contributed by atoms with E-state index in [4.69, 9.17) is 16.0 Å². The Morgan fingerprint density at radius 2 is 2.10 bits per heavy atom. The van der Waals surface area contributed by atoms with Gasteiger partial charge < -0.3 is 14.6 Å². The molecule has 0 bridgehead atoms. The third-order valence-corrected chi connectivity index (χ3v) is 4.07. The number of hydrogen-bond acceptors (Lipinski definition) is 3. The Labute approximate surface area is 129 Å². The van der Waals surface area contributed by atoms with Gasteiger partial charge in [0.15, 0.2) is 5.76 Å².